The minimum Gasteiger partial charge on any atom is -0.490 e. The van der Waals surface area contributed by atoms with Crippen LogP contribution in [0.25, 0.3) is 0 Å². The zero-order valence-electron chi connectivity index (χ0n) is 14.0. The van der Waals surface area contributed by atoms with Crippen molar-refractivity contribution in [3.8, 4) is 5.75 Å². The van der Waals surface area contributed by atoms with Gasteiger partial charge in [-0.25, -0.2) is 0 Å². The van der Waals surface area contributed by atoms with Gasteiger partial charge in [-0.3, -0.25) is 4.79 Å². The maximum atomic E-state index is 13.0. The van der Waals surface area contributed by atoms with Crippen LogP contribution in [0, 0.1) is 0 Å². The Morgan fingerprint density at radius 3 is 2.70 bits per heavy atom. The van der Waals surface area contributed by atoms with Crippen molar-refractivity contribution in [2.45, 2.75) is 18.3 Å². The zero-order valence-corrected chi connectivity index (χ0v) is 14.7. The molecule has 0 saturated carbocycles. The maximum absolute atomic E-state index is 13.0. The van der Waals surface area contributed by atoms with Crippen LogP contribution in [0.15, 0.2) is 12.1 Å². The fourth-order valence-electron chi connectivity index (χ4n) is 3.64. The SMILES string of the molecule is CN(C)CCOc1ccc(Cl)c2c1N(C)C(=O)C21CCNCC1. The Kier molecular flexibility index (Phi) is 4.54. The first-order valence-corrected chi connectivity index (χ1v) is 8.44. The molecule has 0 unspecified atom stereocenters. The molecular formula is C17H24ClN3O2. The molecule has 1 aromatic carbocycles. The number of anilines is 1. The summed E-state index contributed by atoms with van der Waals surface area (Å²) in [5.41, 5.74) is 1.31. The standard InChI is InChI=1S/C17H24ClN3O2/c1-20(2)10-11-23-13-5-4-12(18)14-15(13)21(3)16(22)17(14)6-8-19-9-7-17/h4-5,19H,6-11H2,1-3H3. The first-order valence-electron chi connectivity index (χ1n) is 8.07. The fourth-order valence-corrected chi connectivity index (χ4v) is 3.97. The van der Waals surface area contributed by atoms with Gasteiger partial charge in [0, 0.05) is 24.2 Å². The van der Waals surface area contributed by atoms with E-state index in [0.717, 1.165) is 49.5 Å². The largest absolute Gasteiger partial charge is 0.490 e. The molecule has 5 nitrogen and oxygen atoms in total. The lowest BCUT2D eigenvalue weighted by Gasteiger charge is -2.33. The van der Waals surface area contributed by atoms with E-state index in [9.17, 15) is 4.79 Å². The van der Waals surface area contributed by atoms with Crippen LogP contribution < -0.4 is 15.0 Å². The van der Waals surface area contributed by atoms with Crippen LogP contribution in [-0.2, 0) is 10.2 Å². The van der Waals surface area contributed by atoms with Crippen LogP contribution in [0.5, 0.6) is 5.75 Å². The molecule has 2 aliphatic heterocycles. The molecule has 0 bridgehead atoms. The molecule has 1 amide bonds. The lowest BCUT2D eigenvalue weighted by Crippen LogP contribution is -2.46. The fraction of sp³-hybridized carbons (Fsp3) is 0.588. The Balaban J connectivity index is 2.00. The van der Waals surface area contributed by atoms with Gasteiger partial charge in [0.2, 0.25) is 5.91 Å². The number of benzene rings is 1. The van der Waals surface area contributed by atoms with Crippen LogP contribution in [0.1, 0.15) is 18.4 Å². The summed E-state index contributed by atoms with van der Waals surface area (Å²) in [7, 11) is 5.84. The summed E-state index contributed by atoms with van der Waals surface area (Å²) in [4.78, 5) is 16.8. The van der Waals surface area contributed by atoms with Crippen molar-refractivity contribution in [1.82, 2.24) is 10.2 Å². The highest BCUT2D eigenvalue weighted by molar-refractivity contribution is 6.33. The molecule has 0 atom stereocenters. The highest BCUT2D eigenvalue weighted by Crippen LogP contribution is 2.53. The molecule has 126 valence electrons. The number of carbonyl (C=O) groups excluding carboxylic acids is 1. The van der Waals surface area contributed by atoms with Crippen molar-refractivity contribution in [2.24, 2.45) is 0 Å². The lowest BCUT2D eigenvalue weighted by atomic mass is 9.74. The van der Waals surface area contributed by atoms with Crippen molar-refractivity contribution in [3.05, 3.63) is 22.7 Å². The molecule has 1 spiro atoms. The first-order chi connectivity index (χ1) is 11.0. The molecule has 0 aliphatic carbocycles. The number of nitrogens with zero attached hydrogens (tertiary/aromatic N) is 2. The molecule has 3 rings (SSSR count). The molecule has 1 N–H and O–H groups in total. The molecule has 1 fully saturated rings. The second-order valence-electron chi connectivity index (χ2n) is 6.62. The van der Waals surface area contributed by atoms with E-state index in [1.807, 2.05) is 33.3 Å². The monoisotopic (exact) mass is 337 g/mol. The van der Waals surface area contributed by atoms with Gasteiger partial charge >= 0.3 is 0 Å². The van der Waals surface area contributed by atoms with Gasteiger partial charge in [-0.05, 0) is 52.2 Å². The Bertz CT molecular complexity index is 612. The van der Waals surface area contributed by atoms with Gasteiger partial charge in [0.15, 0.2) is 0 Å². The van der Waals surface area contributed by atoms with Gasteiger partial charge in [-0.1, -0.05) is 11.6 Å². The van der Waals surface area contributed by atoms with Crippen LogP contribution in [0.2, 0.25) is 5.02 Å². The van der Waals surface area contributed by atoms with E-state index >= 15 is 0 Å². The molecule has 23 heavy (non-hydrogen) atoms. The highest BCUT2D eigenvalue weighted by atomic mass is 35.5. The molecule has 6 heteroatoms. The number of hydrogen-bond acceptors (Lipinski definition) is 4. The summed E-state index contributed by atoms with van der Waals surface area (Å²) >= 11 is 6.52. The average Bonchev–Trinajstić information content (AvgIpc) is 2.74. The third-order valence-electron chi connectivity index (χ3n) is 4.87. The lowest BCUT2D eigenvalue weighted by molar-refractivity contribution is -0.123. The number of amides is 1. The highest BCUT2D eigenvalue weighted by Gasteiger charge is 2.52. The van der Waals surface area contributed by atoms with E-state index in [2.05, 4.69) is 10.2 Å². The number of piperidine rings is 1. The molecule has 1 saturated heterocycles. The summed E-state index contributed by atoms with van der Waals surface area (Å²) in [5.74, 6) is 0.886. The molecular weight excluding hydrogens is 314 g/mol. The minimum atomic E-state index is -0.493. The quantitative estimate of drug-likeness (QED) is 0.911. The van der Waals surface area contributed by atoms with Crippen molar-refractivity contribution < 1.29 is 9.53 Å². The van der Waals surface area contributed by atoms with E-state index in [1.54, 1.807) is 4.90 Å². The minimum absolute atomic E-state index is 0.138. The summed E-state index contributed by atoms with van der Waals surface area (Å²) in [6, 6.07) is 3.74. The van der Waals surface area contributed by atoms with Crippen molar-refractivity contribution in [3.63, 3.8) is 0 Å². The van der Waals surface area contributed by atoms with Crippen molar-refractivity contribution >= 4 is 23.2 Å². The summed E-state index contributed by atoms with van der Waals surface area (Å²) in [6.45, 7) is 3.07. The summed E-state index contributed by atoms with van der Waals surface area (Å²) in [5, 5.41) is 4.00. The van der Waals surface area contributed by atoms with E-state index in [0.29, 0.717) is 11.6 Å². The Morgan fingerprint density at radius 1 is 1.35 bits per heavy atom. The number of fused-ring (bicyclic) bond motifs is 2. The van der Waals surface area contributed by atoms with E-state index < -0.39 is 5.41 Å². The Labute approximate surface area is 142 Å². The predicted octanol–water partition coefficient (Wildman–Crippen LogP) is 1.88. The van der Waals surface area contributed by atoms with E-state index in [4.69, 9.17) is 16.3 Å². The molecule has 0 aromatic heterocycles. The smallest absolute Gasteiger partial charge is 0.237 e. The predicted molar refractivity (Wildman–Crippen MR) is 92.7 cm³/mol. The molecule has 2 heterocycles. The third-order valence-corrected chi connectivity index (χ3v) is 5.19. The van der Waals surface area contributed by atoms with Crippen LogP contribution in [0.3, 0.4) is 0 Å². The van der Waals surface area contributed by atoms with Gasteiger partial charge < -0.3 is 19.9 Å². The number of rotatable bonds is 4. The molecule has 1 aromatic rings. The van der Waals surface area contributed by atoms with Gasteiger partial charge in [0.05, 0.1) is 11.1 Å². The third kappa shape index (κ3) is 2.71. The van der Waals surface area contributed by atoms with Gasteiger partial charge in [0.25, 0.3) is 0 Å². The second kappa shape index (κ2) is 6.30. The Hall–Kier alpha value is -1.30. The van der Waals surface area contributed by atoms with Crippen molar-refractivity contribution in [1.29, 1.82) is 0 Å². The van der Waals surface area contributed by atoms with Crippen LogP contribution >= 0.6 is 11.6 Å². The van der Waals surface area contributed by atoms with Gasteiger partial charge in [0.1, 0.15) is 12.4 Å². The van der Waals surface area contributed by atoms with E-state index in [-0.39, 0.29) is 5.91 Å². The number of halogens is 1. The van der Waals surface area contributed by atoms with Gasteiger partial charge in [-0.15, -0.1) is 0 Å². The maximum Gasteiger partial charge on any atom is 0.237 e. The molecule has 0 radical (unpaired) electrons. The average molecular weight is 338 g/mol. The topological polar surface area (TPSA) is 44.8 Å². The molecule has 2 aliphatic rings. The summed E-state index contributed by atoms with van der Waals surface area (Å²) < 4.78 is 5.96. The number of hydrogen-bond donors (Lipinski definition) is 1. The van der Waals surface area contributed by atoms with E-state index in [1.165, 1.54) is 0 Å². The number of nitrogens with one attached hydrogen (secondary N) is 1. The Morgan fingerprint density at radius 2 is 2.04 bits per heavy atom. The van der Waals surface area contributed by atoms with Crippen molar-refractivity contribution in [2.75, 3.05) is 52.3 Å². The number of carbonyl (C=O) groups is 1. The zero-order chi connectivity index (χ0) is 16.6. The number of likely N-dealkylation sites (N-methyl/N-ethyl adjacent to an activating group) is 2. The van der Waals surface area contributed by atoms with Crippen LogP contribution in [-0.4, -0.2) is 58.2 Å². The first kappa shape index (κ1) is 16.6. The van der Waals surface area contributed by atoms with Crippen LogP contribution in [0.4, 0.5) is 5.69 Å². The van der Waals surface area contributed by atoms with Gasteiger partial charge in [-0.2, -0.15) is 0 Å². The summed E-state index contributed by atoms with van der Waals surface area (Å²) in [6.07, 6.45) is 1.56. The normalized spacial score (nSPS) is 19.5. The number of ether oxygens (including phenoxy) is 1. The second-order valence-corrected chi connectivity index (χ2v) is 7.02.